The molecule has 0 aromatic carbocycles. The van der Waals surface area contributed by atoms with Crippen molar-refractivity contribution < 1.29 is 24.5 Å². The van der Waals surface area contributed by atoms with Gasteiger partial charge < -0.3 is 20.3 Å². The summed E-state index contributed by atoms with van der Waals surface area (Å²) in [7, 11) is 0. The molecule has 0 spiro atoms. The number of hydrogen-bond donors (Lipinski definition) is 3. The van der Waals surface area contributed by atoms with Gasteiger partial charge in [-0.25, -0.2) is 0 Å². The van der Waals surface area contributed by atoms with Gasteiger partial charge in [-0.3, -0.25) is 9.59 Å². The number of carbonyl (C=O) groups is 2. The molecule has 0 saturated carbocycles. The maximum absolute atomic E-state index is 12.6. The molecule has 0 heterocycles. The van der Waals surface area contributed by atoms with Crippen LogP contribution in [0.1, 0.15) is 470 Å². The van der Waals surface area contributed by atoms with Gasteiger partial charge in [0.05, 0.1) is 25.4 Å². The number of nitrogens with one attached hydrogen (secondary N) is 1. The second-order valence-corrected chi connectivity index (χ2v) is 28.5. The van der Waals surface area contributed by atoms with Crippen LogP contribution >= 0.6 is 0 Å². The molecule has 0 rings (SSSR count). The van der Waals surface area contributed by atoms with Crippen LogP contribution in [0.3, 0.4) is 0 Å². The molecule has 2 atom stereocenters. The molecule has 0 aromatic heterocycles. The van der Waals surface area contributed by atoms with Gasteiger partial charge in [-0.1, -0.05) is 423 Å². The Balaban J connectivity index is 3.35. The Hall–Kier alpha value is -1.66. The maximum atomic E-state index is 12.6. The Kier molecular flexibility index (Phi) is 77.3. The number of amides is 1. The molecular formula is C83H161NO5. The van der Waals surface area contributed by atoms with E-state index >= 15 is 0 Å². The summed E-state index contributed by atoms with van der Waals surface area (Å²) in [6.07, 6.45) is 102. The van der Waals surface area contributed by atoms with E-state index in [4.69, 9.17) is 4.74 Å². The summed E-state index contributed by atoms with van der Waals surface area (Å²) in [5, 5.41) is 23.3. The largest absolute Gasteiger partial charge is 0.466 e. The van der Waals surface area contributed by atoms with Crippen LogP contribution in [0.5, 0.6) is 0 Å². The molecule has 0 aromatic rings. The number of aliphatic hydroxyl groups is 2. The molecular weight excluding hydrogens is 1090 g/mol. The topological polar surface area (TPSA) is 95.9 Å². The number of rotatable bonds is 78. The van der Waals surface area contributed by atoms with Crippen molar-refractivity contribution in [3.05, 3.63) is 24.3 Å². The minimum atomic E-state index is -0.843. The summed E-state index contributed by atoms with van der Waals surface area (Å²) in [4.78, 5) is 24.7. The first-order valence-electron chi connectivity index (χ1n) is 41.1. The van der Waals surface area contributed by atoms with Crippen molar-refractivity contribution in [1.29, 1.82) is 0 Å². The standard InChI is InChI=1S/C83H161NO5/c1-3-5-7-9-11-13-15-17-19-21-22-23-24-31-34-37-40-44-47-51-55-59-63-67-71-75-81(86)80(79-85)84-82(87)76-72-68-64-60-56-52-48-45-41-38-35-32-29-27-25-26-28-30-33-36-39-42-46-50-54-58-62-66-70-74-78-89-83(88)77-73-69-65-61-57-53-49-43-20-18-16-14-12-10-8-6-4-2/h18,20,71,75,80-81,85-86H,3-17,19,21-70,72-74,76-79H2,1-2H3,(H,84,87)/b20-18-,75-71+. The number of ether oxygens (including phenoxy) is 1. The van der Waals surface area contributed by atoms with Crippen LogP contribution in [-0.2, 0) is 14.3 Å². The highest BCUT2D eigenvalue weighted by molar-refractivity contribution is 5.76. The molecule has 2 unspecified atom stereocenters. The fourth-order valence-corrected chi connectivity index (χ4v) is 13.2. The smallest absolute Gasteiger partial charge is 0.305 e. The molecule has 0 bridgehead atoms. The molecule has 6 nitrogen and oxygen atoms in total. The lowest BCUT2D eigenvalue weighted by Gasteiger charge is -2.20. The SMILES string of the molecule is CCCCCCCC/C=C\CCCCCCCCCC(=O)OCCCCCCCCCCCCCCCCCCCCCCCCCCCCCCCCC(=O)NC(CO)C(O)/C=C/CCCCCCCCCCCCCCCCCCCCCCCCC. The van der Waals surface area contributed by atoms with E-state index in [-0.39, 0.29) is 18.5 Å². The van der Waals surface area contributed by atoms with Crippen molar-refractivity contribution in [3.8, 4) is 0 Å². The first kappa shape index (κ1) is 87.3. The van der Waals surface area contributed by atoms with Crippen molar-refractivity contribution in [3.63, 3.8) is 0 Å². The average Bonchev–Trinajstić information content (AvgIpc) is 3.60. The van der Waals surface area contributed by atoms with Crippen molar-refractivity contribution >= 4 is 11.9 Å². The molecule has 0 fully saturated rings. The van der Waals surface area contributed by atoms with Gasteiger partial charge in [0.2, 0.25) is 5.91 Å². The predicted octanol–water partition coefficient (Wildman–Crippen LogP) is 27.2. The lowest BCUT2D eigenvalue weighted by atomic mass is 10.0. The minimum absolute atomic E-state index is 0.0177. The third-order valence-electron chi connectivity index (χ3n) is 19.5. The summed E-state index contributed by atoms with van der Waals surface area (Å²) in [5.41, 5.74) is 0. The summed E-state index contributed by atoms with van der Waals surface area (Å²) >= 11 is 0. The molecule has 0 aliphatic heterocycles. The zero-order chi connectivity index (χ0) is 64.2. The third kappa shape index (κ3) is 75.3. The van der Waals surface area contributed by atoms with Gasteiger partial charge in [0.1, 0.15) is 0 Å². The molecule has 0 radical (unpaired) electrons. The van der Waals surface area contributed by atoms with Gasteiger partial charge >= 0.3 is 5.97 Å². The number of carbonyl (C=O) groups excluding carboxylic acids is 2. The number of hydrogen-bond acceptors (Lipinski definition) is 5. The third-order valence-corrected chi connectivity index (χ3v) is 19.5. The van der Waals surface area contributed by atoms with Crippen LogP contribution < -0.4 is 5.32 Å². The van der Waals surface area contributed by atoms with Crippen LogP contribution in [0.4, 0.5) is 0 Å². The van der Waals surface area contributed by atoms with E-state index in [9.17, 15) is 19.8 Å². The van der Waals surface area contributed by atoms with Crippen molar-refractivity contribution in [2.24, 2.45) is 0 Å². The Morgan fingerprint density at radius 3 is 0.798 bits per heavy atom. The Bertz CT molecular complexity index is 1400. The number of unbranched alkanes of at least 4 members (excludes halogenated alkanes) is 65. The van der Waals surface area contributed by atoms with Gasteiger partial charge in [-0.05, 0) is 57.8 Å². The Morgan fingerprint density at radius 2 is 0.528 bits per heavy atom. The van der Waals surface area contributed by atoms with E-state index in [0.717, 1.165) is 44.9 Å². The van der Waals surface area contributed by atoms with Crippen molar-refractivity contribution in [2.75, 3.05) is 13.2 Å². The monoisotopic (exact) mass is 1250 g/mol. The quantitative estimate of drug-likeness (QED) is 0.0320. The fourth-order valence-electron chi connectivity index (χ4n) is 13.2. The van der Waals surface area contributed by atoms with E-state index in [1.54, 1.807) is 6.08 Å². The van der Waals surface area contributed by atoms with E-state index in [1.165, 1.54) is 398 Å². The van der Waals surface area contributed by atoms with Crippen LogP contribution in [0.25, 0.3) is 0 Å². The number of allylic oxidation sites excluding steroid dienone is 3. The highest BCUT2D eigenvalue weighted by Gasteiger charge is 2.18. The number of aliphatic hydroxyl groups excluding tert-OH is 2. The van der Waals surface area contributed by atoms with E-state index < -0.39 is 12.1 Å². The summed E-state index contributed by atoms with van der Waals surface area (Å²) in [6, 6.07) is -0.626. The van der Waals surface area contributed by atoms with Crippen LogP contribution in [-0.4, -0.2) is 47.4 Å². The lowest BCUT2D eigenvalue weighted by Crippen LogP contribution is -2.45. The van der Waals surface area contributed by atoms with Gasteiger partial charge in [0, 0.05) is 12.8 Å². The highest BCUT2D eigenvalue weighted by Crippen LogP contribution is 2.20. The molecule has 0 aliphatic rings. The molecule has 528 valence electrons. The summed E-state index contributed by atoms with van der Waals surface area (Å²) < 4.78 is 5.51. The summed E-state index contributed by atoms with van der Waals surface area (Å²) in [5.74, 6) is -0.0407. The highest BCUT2D eigenvalue weighted by atomic mass is 16.5. The van der Waals surface area contributed by atoms with Gasteiger partial charge in [0.15, 0.2) is 0 Å². The zero-order valence-corrected chi connectivity index (χ0v) is 60.7. The Morgan fingerprint density at radius 1 is 0.303 bits per heavy atom. The lowest BCUT2D eigenvalue weighted by molar-refractivity contribution is -0.143. The Labute approximate surface area is 558 Å². The van der Waals surface area contributed by atoms with Gasteiger partial charge in [-0.2, -0.15) is 0 Å². The number of esters is 1. The molecule has 3 N–H and O–H groups in total. The van der Waals surface area contributed by atoms with Gasteiger partial charge in [0.25, 0.3) is 0 Å². The van der Waals surface area contributed by atoms with Crippen molar-refractivity contribution in [2.45, 2.75) is 482 Å². The molecule has 0 aliphatic carbocycles. The molecule has 0 saturated heterocycles. The summed E-state index contributed by atoms with van der Waals surface area (Å²) in [6.45, 7) is 4.96. The average molecular weight is 1250 g/mol. The second-order valence-electron chi connectivity index (χ2n) is 28.5. The first-order valence-corrected chi connectivity index (χ1v) is 41.1. The maximum Gasteiger partial charge on any atom is 0.305 e. The van der Waals surface area contributed by atoms with Gasteiger partial charge in [-0.15, -0.1) is 0 Å². The minimum Gasteiger partial charge on any atom is -0.466 e. The van der Waals surface area contributed by atoms with E-state index in [1.807, 2.05) is 6.08 Å². The van der Waals surface area contributed by atoms with Crippen LogP contribution in [0.2, 0.25) is 0 Å². The van der Waals surface area contributed by atoms with E-state index in [0.29, 0.717) is 19.4 Å². The molecule has 89 heavy (non-hydrogen) atoms. The van der Waals surface area contributed by atoms with Crippen LogP contribution in [0.15, 0.2) is 24.3 Å². The molecule has 6 heteroatoms. The second kappa shape index (κ2) is 78.8. The normalized spacial score (nSPS) is 12.5. The fraction of sp³-hybridized carbons (Fsp3) is 0.928. The van der Waals surface area contributed by atoms with Crippen molar-refractivity contribution in [1.82, 2.24) is 5.32 Å². The van der Waals surface area contributed by atoms with E-state index in [2.05, 4.69) is 31.3 Å². The zero-order valence-electron chi connectivity index (χ0n) is 60.7. The predicted molar refractivity (Wildman–Crippen MR) is 393 cm³/mol. The van der Waals surface area contributed by atoms with Crippen LogP contribution in [0, 0.1) is 0 Å². The molecule has 1 amide bonds. The first-order chi connectivity index (χ1) is 44.0.